The zero-order chi connectivity index (χ0) is 11.5. The van der Waals surface area contributed by atoms with Crippen molar-refractivity contribution in [3.63, 3.8) is 0 Å². The van der Waals surface area contributed by atoms with Crippen LogP contribution in [-0.4, -0.2) is 35.2 Å². The molecule has 0 atom stereocenters. The van der Waals surface area contributed by atoms with Crippen LogP contribution < -0.4 is 10.4 Å². The minimum absolute atomic E-state index is 0.380. The van der Waals surface area contributed by atoms with Gasteiger partial charge in [0.15, 0.2) is 5.15 Å². The maximum Gasteiger partial charge on any atom is 0.490 e. The highest BCUT2D eigenvalue weighted by molar-refractivity contribution is 6.58. The molecule has 1 aromatic heterocycles. The largest absolute Gasteiger partial charge is 0.490 e. The van der Waals surface area contributed by atoms with Crippen LogP contribution >= 0.6 is 11.6 Å². The lowest BCUT2D eigenvalue weighted by atomic mass is 9.81. The van der Waals surface area contributed by atoms with Gasteiger partial charge >= 0.3 is 7.12 Å². The quantitative estimate of drug-likeness (QED) is 0.581. The molecule has 0 bridgehead atoms. The topological polar surface area (TPSA) is 56.6 Å². The molecule has 1 aliphatic rings. The molecular formula is C10H14BClN2O2. The molecule has 1 aliphatic heterocycles. The first-order valence-corrected chi connectivity index (χ1v) is 5.83. The summed E-state index contributed by atoms with van der Waals surface area (Å²) in [4.78, 5) is 6.12. The third kappa shape index (κ3) is 2.48. The second-order valence-corrected chi connectivity index (χ2v) is 4.36. The van der Waals surface area contributed by atoms with E-state index in [0.29, 0.717) is 10.6 Å². The monoisotopic (exact) mass is 240 g/mol. The summed E-state index contributed by atoms with van der Waals surface area (Å²) in [6, 6.07) is 1.70. The first kappa shape index (κ1) is 11.7. The van der Waals surface area contributed by atoms with E-state index in [9.17, 15) is 0 Å². The smallest absolute Gasteiger partial charge is 0.423 e. The Hall–Kier alpha value is -0.775. The molecule has 0 spiro atoms. The summed E-state index contributed by atoms with van der Waals surface area (Å²) in [5.74, 6) is 0. The Morgan fingerprint density at radius 2 is 1.94 bits per heavy atom. The highest BCUT2D eigenvalue weighted by atomic mass is 35.5. The Morgan fingerprint density at radius 1 is 1.25 bits per heavy atom. The second kappa shape index (κ2) is 5.04. The number of pyridine rings is 1. The molecule has 0 amide bonds. The lowest BCUT2D eigenvalue weighted by Gasteiger charge is -2.29. The highest BCUT2D eigenvalue weighted by Gasteiger charge is 2.18. The molecule has 16 heavy (non-hydrogen) atoms. The summed E-state index contributed by atoms with van der Waals surface area (Å²) in [6.45, 7) is 1.90. The molecule has 2 heterocycles. The predicted molar refractivity (Wildman–Crippen MR) is 65.1 cm³/mol. The van der Waals surface area contributed by atoms with Crippen LogP contribution in [0.2, 0.25) is 5.15 Å². The maximum absolute atomic E-state index is 9.09. The fraction of sp³-hybridized carbons (Fsp3) is 0.500. The fourth-order valence-electron chi connectivity index (χ4n) is 1.95. The van der Waals surface area contributed by atoms with Crippen LogP contribution in [0.15, 0.2) is 12.3 Å². The van der Waals surface area contributed by atoms with Crippen molar-refractivity contribution in [3.8, 4) is 0 Å². The van der Waals surface area contributed by atoms with Crippen LogP contribution in [0.5, 0.6) is 0 Å². The Morgan fingerprint density at radius 3 is 2.56 bits per heavy atom. The molecule has 1 aromatic rings. The summed E-state index contributed by atoms with van der Waals surface area (Å²) in [7, 11) is -1.49. The van der Waals surface area contributed by atoms with E-state index in [0.717, 1.165) is 31.6 Å². The van der Waals surface area contributed by atoms with Crippen molar-refractivity contribution in [1.82, 2.24) is 4.98 Å². The van der Waals surface area contributed by atoms with Gasteiger partial charge in [0.2, 0.25) is 0 Å². The van der Waals surface area contributed by atoms with Crippen LogP contribution in [0.25, 0.3) is 0 Å². The number of anilines is 1. The minimum Gasteiger partial charge on any atom is -0.423 e. The van der Waals surface area contributed by atoms with Crippen LogP contribution in [0.4, 0.5) is 5.69 Å². The van der Waals surface area contributed by atoms with Crippen LogP contribution in [-0.2, 0) is 0 Å². The number of aromatic nitrogens is 1. The van der Waals surface area contributed by atoms with E-state index >= 15 is 0 Å². The van der Waals surface area contributed by atoms with Gasteiger partial charge in [0.1, 0.15) is 0 Å². The Labute approximate surface area is 100 Å². The molecule has 1 fully saturated rings. The van der Waals surface area contributed by atoms with E-state index in [2.05, 4.69) is 9.88 Å². The molecule has 4 nitrogen and oxygen atoms in total. The number of rotatable bonds is 2. The van der Waals surface area contributed by atoms with Gasteiger partial charge in [-0.3, -0.25) is 0 Å². The predicted octanol–water partition coefficient (Wildman–Crippen LogP) is 0.405. The van der Waals surface area contributed by atoms with Gasteiger partial charge in [0.25, 0.3) is 0 Å². The maximum atomic E-state index is 9.09. The second-order valence-electron chi connectivity index (χ2n) is 4.00. The average molecular weight is 240 g/mol. The molecule has 0 unspecified atom stereocenters. The van der Waals surface area contributed by atoms with Gasteiger partial charge in [0.05, 0.1) is 5.69 Å². The highest BCUT2D eigenvalue weighted by Crippen LogP contribution is 2.25. The molecule has 6 heteroatoms. The summed E-state index contributed by atoms with van der Waals surface area (Å²) < 4.78 is 0. The van der Waals surface area contributed by atoms with Gasteiger partial charge in [0, 0.05) is 24.7 Å². The number of hydrogen-bond donors (Lipinski definition) is 2. The van der Waals surface area contributed by atoms with Gasteiger partial charge in [-0.2, -0.15) is 0 Å². The van der Waals surface area contributed by atoms with Gasteiger partial charge < -0.3 is 14.9 Å². The number of hydrogen-bond acceptors (Lipinski definition) is 4. The first-order valence-electron chi connectivity index (χ1n) is 5.45. The van der Waals surface area contributed by atoms with E-state index in [1.165, 1.54) is 12.6 Å². The van der Waals surface area contributed by atoms with Crippen molar-refractivity contribution >= 4 is 29.9 Å². The van der Waals surface area contributed by atoms with Crippen molar-refractivity contribution in [2.45, 2.75) is 19.3 Å². The normalized spacial score (nSPS) is 16.3. The summed E-state index contributed by atoms with van der Waals surface area (Å²) in [5, 5.41) is 18.6. The molecule has 0 saturated carbocycles. The van der Waals surface area contributed by atoms with Gasteiger partial charge in [-0.25, -0.2) is 4.98 Å². The molecule has 0 radical (unpaired) electrons. The lowest BCUT2D eigenvalue weighted by molar-refractivity contribution is 0.425. The molecule has 1 saturated heterocycles. The Kier molecular flexibility index (Phi) is 3.68. The van der Waals surface area contributed by atoms with Crippen molar-refractivity contribution in [1.29, 1.82) is 0 Å². The molecular weight excluding hydrogens is 226 g/mol. The minimum atomic E-state index is -1.49. The standard InChI is InChI=1S/C10H14BClN2O2/c12-10-9(14-4-2-1-3-5-14)6-8(7-13-10)11(15)16/h6-7,15-16H,1-5H2. The van der Waals surface area contributed by atoms with Crippen molar-refractivity contribution in [2.75, 3.05) is 18.0 Å². The summed E-state index contributed by atoms with van der Waals surface area (Å²) >= 11 is 6.02. The van der Waals surface area contributed by atoms with Crippen molar-refractivity contribution in [2.24, 2.45) is 0 Å². The fourth-order valence-corrected chi connectivity index (χ4v) is 2.17. The van der Waals surface area contributed by atoms with Crippen molar-refractivity contribution in [3.05, 3.63) is 17.4 Å². The molecule has 2 rings (SSSR count). The zero-order valence-corrected chi connectivity index (χ0v) is 9.69. The van der Waals surface area contributed by atoms with Crippen LogP contribution in [0, 0.1) is 0 Å². The number of halogens is 1. The lowest BCUT2D eigenvalue weighted by Crippen LogP contribution is -2.34. The van der Waals surface area contributed by atoms with E-state index in [1.54, 1.807) is 6.07 Å². The Bertz CT molecular complexity index is 370. The molecule has 2 N–H and O–H groups in total. The van der Waals surface area contributed by atoms with Gasteiger partial charge in [-0.1, -0.05) is 11.6 Å². The van der Waals surface area contributed by atoms with E-state index in [4.69, 9.17) is 21.6 Å². The zero-order valence-electron chi connectivity index (χ0n) is 8.93. The third-order valence-electron chi connectivity index (χ3n) is 2.84. The number of nitrogens with zero attached hydrogens (tertiary/aromatic N) is 2. The summed E-state index contributed by atoms with van der Waals surface area (Å²) in [5.41, 5.74) is 1.18. The van der Waals surface area contributed by atoms with E-state index in [1.807, 2.05) is 0 Å². The third-order valence-corrected chi connectivity index (χ3v) is 3.13. The Balaban J connectivity index is 2.27. The summed E-state index contributed by atoms with van der Waals surface area (Å²) in [6.07, 6.45) is 4.91. The molecule has 0 aromatic carbocycles. The first-order chi connectivity index (χ1) is 7.68. The number of piperidine rings is 1. The molecule has 86 valence electrons. The van der Waals surface area contributed by atoms with Gasteiger partial charge in [-0.15, -0.1) is 0 Å². The SMILES string of the molecule is OB(O)c1cnc(Cl)c(N2CCCCC2)c1. The van der Waals surface area contributed by atoms with Crippen LogP contribution in [0.1, 0.15) is 19.3 Å². The molecule has 0 aliphatic carbocycles. The van der Waals surface area contributed by atoms with Gasteiger partial charge in [-0.05, 0) is 25.3 Å². The van der Waals surface area contributed by atoms with E-state index in [-0.39, 0.29) is 0 Å². The van der Waals surface area contributed by atoms with E-state index < -0.39 is 7.12 Å². The van der Waals surface area contributed by atoms with Crippen molar-refractivity contribution < 1.29 is 10.0 Å². The van der Waals surface area contributed by atoms with Crippen LogP contribution in [0.3, 0.4) is 0 Å². The average Bonchev–Trinajstić information content (AvgIpc) is 2.30.